The van der Waals surface area contributed by atoms with Crippen LogP contribution in [0.25, 0.3) is 11.3 Å². The fourth-order valence-corrected chi connectivity index (χ4v) is 5.03. The van der Waals surface area contributed by atoms with Crippen LogP contribution in [0.3, 0.4) is 0 Å². The first kappa shape index (κ1) is 23.2. The van der Waals surface area contributed by atoms with Gasteiger partial charge in [0.05, 0.1) is 11.9 Å². The first-order chi connectivity index (χ1) is 15.8. The lowest BCUT2D eigenvalue weighted by atomic mass is 9.75. The molecule has 2 atom stereocenters. The number of hydrogen-bond donors (Lipinski definition) is 1. The number of carbonyl (C=O) groups is 1. The maximum Gasteiger partial charge on any atom is 0.261 e. The number of aliphatic imine (C=N–C) groups is 1. The summed E-state index contributed by atoms with van der Waals surface area (Å²) in [6.07, 6.45) is 11.3. The zero-order valence-corrected chi connectivity index (χ0v) is 20.4. The highest BCUT2D eigenvalue weighted by molar-refractivity contribution is 6.07. The lowest BCUT2D eigenvalue weighted by Gasteiger charge is -2.43. The van der Waals surface area contributed by atoms with Crippen molar-refractivity contribution < 1.29 is 9.53 Å². The normalized spacial score (nSPS) is 25.8. The quantitative estimate of drug-likeness (QED) is 0.728. The first-order valence-corrected chi connectivity index (χ1v) is 12.1. The van der Waals surface area contributed by atoms with Crippen molar-refractivity contribution in [1.82, 2.24) is 14.9 Å². The number of likely N-dealkylation sites (N-methyl/N-ethyl adjacent to an activating group) is 1. The lowest BCUT2D eigenvalue weighted by Crippen LogP contribution is -2.50. The lowest BCUT2D eigenvalue weighted by molar-refractivity contribution is -0.134. The Bertz CT molecular complexity index is 1080. The number of nitrogens with zero attached hydrogens (tertiary/aromatic N) is 4. The van der Waals surface area contributed by atoms with Crippen LogP contribution in [-0.2, 0) is 16.8 Å². The van der Waals surface area contributed by atoms with Crippen LogP contribution in [0.2, 0.25) is 0 Å². The smallest absolute Gasteiger partial charge is 0.261 e. The molecule has 2 aliphatic heterocycles. The van der Waals surface area contributed by atoms with Gasteiger partial charge in [0.15, 0.2) is 11.5 Å². The molecule has 1 amide bonds. The fraction of sp³-hybridized carbons (Fsp3) is 0.538. The second kappa shape index (κ2) is 8.76. The van der Waals surface area contributed by atoms with Gasteiger partial charge in [-0.1, -0.05) is 40.0 Å². The molecule has 3 aliphatic rings. The van der Waals surface area contributed by atoms with Crippen LogP contribution in [0.15, 0.2) is 35.7 Å². The maximum atomic E-state index is 13.5. The Kier molecular flexibility index (Phi) is 6.16. The summed E-state index contributed by atoms with van der Waals surface area (Å²) >= 11 is 0. The Balaban J connectivity index is 0.00000126. The van der Waals surface area contributed by atoms with Crippen molar-refractivity contribution in [1.29, 1.82) is 0 Å². The van der Waals surface area contributed by atoms with Gasteiger partial charge in [-0.25, -0.2) is 4.99 Å². The predicted molar refractivity (Wildman–Crippen MR) is 130 cm³/mol. The number of amides is 1. The minimum atomic E-state index is -1.07. The van der Waals surface area contributed by atoms with E-state index in [4.69, 9.17) is 15.5 Å². The van der Waals surface area contributed by atoms with Gasteiger partial charge in [0.1, 0.15) is 11.4 Å². The van der Waals surface area contributed by atoms with Crippen molar-refractivity contribution in [2.24, 2.45) is 16.6 Å². The number of carbonyl (C=O) groups excluding carboxylic acids is 1. The highest BCUT2D eigenvalue weighted by Crippen LogP contribution is 2.52. The van der Waals surface area contributed by atoms with E-state index in [0.29, 0.717) is 18.1 Å². The number of guanidine groups is 1. The Morgan fingerprint density at radius 2 is 1.97 bits per heavy atom. The summed E-state index contributed by atoms with van der Waals surface area (Å²) < 4.78 is 6.47. The highest BCUT2D eigenvalue weighted by Gasteiger charge is 2.57. The molecule has 1 aliphatic carbocycles. The third-order valence-corrected chi connectivity index (χ3v) is 6.65. The van der Waals surface area contributed by atoms with Gasteiger partial charge in [0, 0.05) is 37.0 Å². The van der Waals surface area contributed by atoms with Gasteiger partial charge in [0.2, 0.25) is 0 Å². The molecule has 0 bridgehead atoms. The van der Waals surface area contributed by atoms with Gasteiger partial charge in [-0.05, 0) is 43.4 Å². The third kappa shape index (κ3) is 4.21. The monoisotopic (exact) mass is 449 g/mol. The topological polar surface area (TPSA) is 93.7 Å². The van der Waals surface area contributed by atoms with Crippen LogP contribution >= 0.6 is 0 Å². The summed E-state index contributed by atoms with van der Waals surface area (Å²) in [5, 5.41) is 0. The molecule has 0 radical (unpaired) electrons. The number of ether oxygens (including phenoxy) is 1. The molecule has 33 heavy (non-hydrogen) atoms. The molecule has 4 heterocycles. The number of fused-ring (bicyclic) bond motifs is 2. The van der Waals surface area contributed by atoms with Gasteiger partial charge < -0.3 is 10.5 Å². The van der Waals surface area contributed by atoms with E-state index >= 15 is 0 Å². The van der Waals surface area contributed by atoms with Crippen molar-refractivity contribution in [3.8, 4) is 17.0 Å². The van der Waals surface area contributed by atoms with E-state index in [1.165, 1.54) is 23.3 Å². The number of aromatic nitrogens is 2. The second-order valence-corrected chi connectivity index (χ2v) is 9.47. The van der Waals surface area contributed by atoms with Crippen LogP contribution < -0.4 is 10.5 Å². The number of rotatable bonds is 5. The van der Waals surface area contributed by atoms with Gasteiger partial charge in [-0.2, -0.15) is 0 Å². The molecule has 1 fully saturated rings. The predicted octanol–water partition coefficient (Wildman–Crippen LogP) is 4.45. The standard InChI is InChI=1S/C24H29N5O2.C2H6/c1-4-5-16-8-17(12-26-11-16)19-9-18-20(13-27-19)31-23(2,10-15-6-7-15)14-24(18)21(30)29(3)22(25)28-24;1-2/h8-9,11-13,15H,4-7,10,14H2,1-3H3,(H2,25,28);1-2H3. The van der Waals surface area contributed by atoms with E-state index in [2.05, 4.69) is 29.9 Å². The van der Waals surface area contributed by atoms with Crippen LogP contribution in [-0.4, -0.2) is 39.4 Å². The first-order valence-electron chi connectivity index (χ1n) is 12.1. The van der Waals surface area contributed by atoms with E-state index in [-0.39, 0.29) is 11.9 Å². The molecule has 2 aromatic heterocycles. The van der Waals surface area contributed by atoms with Crippen molar-refractivity contribution in [2.75, 3.05) is 7.05 Å². The van der Waals surface area contributed by atoms with Gasteiger partial charge >= 0.3 is 0 Å². The van der Waals surface area contributed by atoms with Gasteiger partial charge in [-0.3, -0.25) is 19.7 Å². The van der Waals surface area contributed by atoms with E-state index in [1.54, 1.807) is 13.2 Å². The Morgan fingerprint density at radius 3 is 2.61 bits per heavy atom. The molecule has 1 saturated carbocycles. The minimum Gasteiger partial charge on any atom is -0.485 e. The van der Waals surface area contributed by atoms with Crippen LogP contribution in [0, 0.1) is 5.92 Å². The van der Waals surface area contributed by atoms with Crippen LogP contribution in [0.1, 0.15) is 70.9 Å². The summed E-state index contributed by atoms with van der Waals surface area (Å²) in [5.41, 5.74) is 8.16. The van der Waals surface area contributed by atoms with E-state index in [0.717, 1.165) is 36.1 Å². The van der Waals surface area contributed by atoms with Crippen molar-refractivity contribution in [3.63, 3.8) is 0 Å². The van der Waals surface area contributed by atoms with Crippen LogP contribution in [0.4, 0.5) is 0 Å². The summed E-state index contributed by atoms with van der Waals surface area (Å²) in [4.78, 5) is 28.7. The van der Waals surface area contributed by atoms with Crippen LogP contribution in [0.5, 0.6) is 5.75 Å². The summed E-state index contributed by atoms with van der Waals surface area (Å²) in [6, 6.07) is 4.05. The minimum absolute atomic E-state index is 0.105. The Hall–Kier alpha value is -2.96. The van der Waals surface area contributed by atoms with Crippen molar-refractivity contribution in [3.05, 3.63) is 41.9 Å². The number of pyridine rings is 2. The summed E-state index contributed by atoms with van der Waals surface area (Å²) in [6.45, 7) is 8.23. The summed E-state index contributed by atoms with van der Waals surface area (Å²) in [5.74, 6) is 1.41. The molecule has 2 aromatic rings. The number of nitrogens with two attached hydrogens (primary N) is 1. The molecular weight excluding hydrogens is 414 g/mol. The zero-order valence-electron chi connectivity index (χ0n) is 20.4. The molecule has 2 unspecified atom stereocenters. The second-order valence-electron chi connectivity index (χ2n) is 9.47. The third-order valence-electron chi connectivity index (χ3n) is 6.65. The Morgan fingerprint density at radius 1 is 1.21 bits per heavy atom. The SMILES string of the molecule is CC.CCCc1cncc(-c2cc3c(cn2)OC(C)(CC2CC2)CC32N=C(N)N(C)C2=O)c1. The van der Waals surface area contributed by atoms with Gasteiger partial charge in [0.25, 0.3) is 5.91 Å². The van der Waals surface area contributed by atoms with E-state index in [9.17, 15) is 4.79 Å². The Labute approximate surface area is 196 Å². The molecular formula is C26H35N5O2. The molecule has 7 heteroatoms. The molecule has 2 N–H and O–H groups in total. The average molecular weight is 450 g/mol. The maximum absolute atomic E-state index is 13.5. The zero-order chi connectivity index (χ0) is 23.8. The molecule has 5 rings (SSSR count). The van der Waals surface area contributed by atoms with Crippen molar-refractivity contribution in [2.45, 2.75) is 77.4 Å². The molecule has 1 spiro atoms. The number of aryl methyl sites for hydroxylation is 1. The summed E-state index contributed by atoms with van der Waals surface area (Å²) in [7, 11) is 1.68. The van der Waals surface area contributed by atoms with E-state index < -0.39 is 11.1 Å². The molecule has 176 valence electrons. The average Bonchev–Trinajstić information content (AvgIpc) is 3.59. The molecule has 0 aromatic carbocycles. The molecule has 7 nitrogen and oxygen atoms in total. The van der Waals surface area contributed by atoms with Crippen molar-refractivity contribution >= 4 is 11.9 Å². The van der Waals surface area contributed by atoms with Gasteiger partial charge in [-0.15, -0.1) is 0 Å². The van der Waals surface area contributed by atoms with E-state index in [1.807, 2.05) is 32.3 Å². The fourth-order valence-electron chi connectivity index (χ4n) is 5.03. The highest BCUT2D eigenvalue weighted by atomic mass is 16.5. The molecule has 0 saturated heterocycles. The number of hydrogen-bond acceptors (Lipinski definition) is 6. The largest absolute Gasteiger partial charge is 0.485 e.